The van der Waals surface area contributed by atoms with Crippen LogP contribution in [0, 0.1) is 0 Å². The molecule has 3 rings (SSSR count). The van der Waals surface area contributed by atoms with Gasteiger partial charge in [0.2, 0.25) is 0 Å². The zero-order valence-electron chi connectivity index (χ0n) is 10.9. The van der Waals surface area contributed by atoms with Crippen molar-refractivity contribution in [3.63, 3.8) is 0 Å². The molecule has 0 atom stereocenters. The molecule has 0 aliphatic carbocycles. The standard InChI is InChI=1S/C16H11NO4/c18-12-2-5-13(6-3-12)21-14-4-1-10-8-15(16(19)20)17-9-11(10)7-14/h1-9,18H,(H,19,20). The maximum atomic E-state index is 10.9. The second-order valence-corrected chi connectivity index (χ2v) is 4.48. The Morgan fingerprint density at radius 1 is 0.952 bits per heavy atom. The average molecular weight is 281 g/mol. The van der Waals surface area contributed by atoms with E-state index in [1.165, 1.54) is 24.4 Å². The van der Waals surface area contributed by atoms with Crippen LogP contribution in [-0.4, -0.2) is 21.2 Å². The highest BCUT2D eigenvalue weighted by Crippen LogP contribution is 2.26. The van der Waals surface area contributed by atoms with E-state index in [0.717, 1.165) is 10.8 Å². The van der Waals surface area contributed by atoms with Crippen LogP contribution in [0.5, 0.6) is 17.2 Å². The van der Waals surface area contributed by atoms with Gasteiger partial charge in [-0.1, -0.05) is 6.07 Å². The average Bonchev–Trinajstić information content (AvgIpc) is 2.49. The number of carboxylic acid groups (broad SMARTS) is 1. The van der Waals surface area contributed by atoms with Crippen LogP contribution in [0.3, 0.4) is 0 Å². The summed E-state index contributed by atoms with van der Waals surface area (Å²) in [7, 11) is 0. The van der Waals surface area contributed by atoms with E-state index < -0.39 is 5.97 Å². The van der Waals surface area contributed by atoms with Crippen molar-refractivity contribution >= 4 is 16.7 Å². The highest BCUT2D eigenvalue weighted by molar-refractivity contribution is 5.92. The maximum absolute atomic E-state index is 10.9. The van der Waals surface area contributed by atoms with Crippen molar-refractivity contribution in [2.45, 2.75) is 0 Å². The van der Waals surface area contributed by atoms with E-state index in [1.54, 1.807) is 30.3 Å². The first-order valence-corrected chi connectivity index (χ1v) is 6.22. The minimum absolute atomic E-state index is 0.00898. The van der Waals surface area contributed by atoms with Crippen LogP contribution in [0.4, 0.5) is 0 Å². The Labute approximate surface area is 120 Å². The van der Waals surface area contributed by atoms with Gasteiger partial charge in [-0.3, -0.25) is 0 Å². The van der Waals surface area contributed by atoms with E-state index in [4.69, 9.17) is 9.84 Å². The van der Waals surface area contributed by atoms with E-state index in [0.29, 0.717) is 11.5 Å². The number of aromatic carboxylic acids is 1. The number of aromatic nitrogens is 1. The first-order chi connectivity index (χ1) is 10.1. The highest BCUT2D eigenvalue weighted by Gasteiger charge is 2.06. The number of fused-ring (bicyclic) bond motifs is 1. The van der Waals surface area contributed by atoms with Gasteiger partial charge in [-0.05, 0) is 47.9 Å². The molecular formula is C16H11NO4. The minimum Gasteiger partial charge on any atom is -0.508 e. The molecule has 5 nitrogen and oxygen atoms in total. The minimum atomic E-state index is -1.05. The molecular weight excluding hydrogens is 270 g/mol. The molecule has 2 N–H and O–H groups in total. The van der Waals surface area contributed by atoms with Crippen LogP contribution < -0.4 is 4.74 Å². The van der Waals surface area contributed by atoms with Gasteiger partial charge in [-0.2, -0.15) is 0 Å². The van der Waals surface area contributed by atoms with Gasteiger partial charge in [0.25, 0.3) is 0 Å². The zero-order valence-corrected chi connectivity index (χ0v) is 10.9. The molecule has 1 aromatic heterocycles. The van der Waals surface area contributed by atoms with Crippen molar-refractivity contribution in [1.82, 2.24) is 4.98 Å². The summed E-state index contributed by atoms with van der Waals surface area (Å²) < 4.78 is 5.66. The van der Waals surface area contributed by atoms with Crippen LogP contribution in [0.2, 0.25) is 0 Å². The molecule has 0 radical (unpaired) electrons. The van der Waals surface area contributed by atoms with E-state index in [-0.39, 0.29) is 11.4 Å². The quantitative estimate of drug-likeness (QED) is 0.768. The summed E-state index contributed by atoms with van der Waals surface area (Å²) in [4.78, 5) is 14.8. The molecule has 5 heteroatoms. The third kappa shape index (κ3) is 2.76. The Bertz CT molecular complexity index is 812. The molecule has 104 valence electrons. The van der Waals surface area contributed by atoms with Crippen LogP contribution in [0.15, 0.2) is 54.7 Å². The number of carbonyl (C=O) groups is 1. The van der Waals surface area contributed by atoms with Crippen LogP contribution >= 0.6 is 0 Å². The van der Waals surface area contributed by atoms with Gasteiger partial charge >= 0.3 is 5.97 Å². The van der Waals surface area contributed by atoms with E-state index >= 15 is 0 Å². The number of ether oxygens (including phenoxy) is 1. The van der Waals surface area contributed by atoms with Crippen molar-refractivity contribution in [3.05, 3.63) is 60.4 Å². The number of phenols is 1. The van der Waals surface area contributed by atoms with Gasteiger partial charge in [0, 0.05) is 11.6 Å². The van der Waals surface area contributed by atoms with Gasteiger partial charge in [-0.15, -0.1) is 0 Å². The highest BCUT2D eigenvalue weighted by atomic mass is 16.5. The van der Waals surface area contributed by atoms with Crippen molar-refractivity contribution in [2.24, 2.45) is 0 Å². The fraction of sp³-hybridized carbons (Fsp3) is 0. The van der Waals surface area contributed by atoms with Gasteiger partial charge < -0.3 is 14.9 Å². The molecule has 0 unspecified atom stereocenters. The number of hydrogen-bond donors (Lipinski definition) is 2. The molecule has 21 heavy (non-hydrogen) atoms. The van der Waals surface area contributed by atoms with E-state index in [9.17, 15) is 9.90 Å². The number of rotatable bonds is 3. The van der Waals surface area contributed by atoms with Crippen LogP contribution in [0.25, 0.3) is 10.8 Å². The molecule has 0 saturated heterocycles. The van der Waals surface area contributed by atoms with Crippen molar-refractivity contribution in [2.75, 3.05) is 0 Å². The van der Waals surface area contributed by atoms with Crippen molar-refractivity contribution in [1.29, 1.82) is 0 Å². The summed E-state index contributed by atoms with van der Waals surface area (Å²) in [5.41, 5.74) is 0.00898. The normalized spacial score (nSPS) is 10.5. The summed E-state index contributed by atoms with van der Waals surface area (Å²) in [6, 6.07) is 13.2. The number of nitrogens with zero attached hydrogens (tertiary/aromatic N) is 1. The smallest absolute Gasteiger partial charge is 0.354 e. The summed E-state index contributed by atoms with van der Waals surface area (Å²) in [6.07, 6.45) is 1.50. The Kier molecular flexibility index (Phi) is 3.16. The summed E-state index contributed by atoms with van der Waals surface area (Å²) in [5, 5.41) is 19.7. The first-order valence-electron chi connectivity index (χ1n) is 6.22. The lowest BCUT2D eigenvalue weighted by Crippen LogP contribution is -1.99. The van der Waals surface area contributed by atoms with Crippen molar-refractivity contribution in [3.8, 4) is 17.2 Å². The second kappa shape index (κ2) is 5.13. The molecule has 0 amide bonds. The van der Waals surface area contributed by atoms with Crippen LogP contribution in [0.1, 0.15) is 10.5 Å². The molecule has 0 fully saturated rings. The topological polar surface area (TPSA) is 79.7 Å². The summed E-state index contributed by atoms with van der Waals surface area (Å²) in [6.45, 7) is 0. The SMILES string of the molecule is O=C(O)c1cc2ccc(Oc3ccc(O)cc3)cc2cn1. The molecule has 0 bridgehead atoms. The largest absolute Gasteiger partial charge is 0.508 e. The van der Waals surface area contributed by atoms with Gasteiger partial charge in [0.15, 0.2) is 0 Å². The Morgan fingerprint density at radius 3 is 2.38 bits per heavy atom. The molecule has 0 aliphatic heterocycles. The molecule has 0 saturated carbocycles. The van der Waals surface area contributed by atoms with E-state index in [1.807, 2.05) is 0 Å². The Morgan fingerprint density at radius 2 is 1.67 bits per heavy atom. The Hall–Kier alpha value is -3.08. The molecule has 0 spiro atoms. The molecule has 3 aromatic rings. The van der Waals surface area contributed by atoms with Gasteiger partial charge in [0.05, 0.1) is 0 Å². The predicted molar refractivity (Wildman–Crippen MR) is 76.9 cm³/mol. The lowest BCUT2D eigenvalue weighted by Gasteiger charge is -2.07. The number of aromatic hydroxyl groups is 1. The third-order valence-corrected chi connectivity index (χ3v) is 2.98. The molecule has 0 aliphatic rings. The molecule has 2 aromatic carbocycles. The first kappa shape index (κ1) is 12.9. The third-order valence-electron chi connectivity index (χ3n) is 2.98. The van der Waals surface area contributed by atoms with Crippen LogP contribution in [-0.2, 0) is 0 Å². The zero-order chi connectivity index (χ0) is 14.8. The lowest BCUT2D eigenvalue weighted by atomic mass is 10.1. The number of benzene rings is 2. The lowest BCUT2D eigenvalue weighted by molar-refractivity contribution is 0.0690. The monoisotopic (exact) mass is 281 g/mol. The molecule has 1 heterocycles. The number of carboxylic acids is 1. The van der Waals surface area contributed by atoms with Crippen molar-refractivity contribution < 1.29 is 19.7 Å². The predicted octanol–water partition coefficient (Wildman–Crippen LogP) is 3.43. The Balaban J connectivity index is 1.92. The fourth-order valence-electron chi connectivity index (χ4n) is 1.95. The van der Waals surface area contributed by atoms with Gasteiger partial charge in [0.1, 0.15) is 22.9 Å². The van der Waals surface area contributed by atoms with E-state index in [2.05, 4.69) is 4.98 Å². The fourth-order valence-corrected chi connectivity index (χ4v) is 1.95. The number of hydrogen-bond acceptors (Lipinski definition) is 4. The maximum Gasteiger partial charge on any atom is 0.354 e. The number of phenolic OH excluding ortho intramolecular Hbond substituents is 1. The summed E-state index contributed by atoms with van der Waals surface area (Å²) in [5.74, 6) is 0.327. The number of pyridine rings is 1. The second-order valence-electron chi connectivity index (χ2n) is 4.48. The summed E-state index contributed by atoms with van der Waals surface area (Å²) >= 11 is 0. The van der Waals surface area contributed by atoms with Gasteiger partial charge in [-0.25, -0.2) is 9.78 Å².